The summed E-state index contributed by atoms with van der Waals surface area (Å²) in [6, 6.07) is 15.3. The summed E-state index contributed by atoms with van der Waals surface area (Å²) in [4.78, 5) is 12.8. The van der Waals surface area contributed by atoms with E-state index in [0.29, 0.717) is 13.1 Å². The molecule has 0 aromatic heterocycles. The molecule has 128 valence electrons. The van der Waals surface area contributed by atoms with Crippen LogP contribution in [0.25, 0.3) is 12.2 Å². The number of hydrogen-bond donors (Lipinski definition) is 1. The highest BCUT2D eigenvalue weighted by atomic mass is 16.5. The van der Waals surface area contributed by atoms with Gasteiger partial charge in [-0.1, -0.05) is 24.3 Å². The molecular formula is C21H21NO3. The lowest BCUT2D eigenvalue weighted by atomic mass is 9.95. The topological polar surface area (TPSA) is 47.6 Å². The van der Waals surface area contributed by atoms with E-state index in [1.54, 1.807) is 14.2 Å². The van der Waals surface area contributed by atoms with Gasteiger partial charge in [-0.2, -0.15) is 0 Å². The van der Waals surface area contributed by atoms with Gasteiger partial charge in [0.15, 0.2) is 5.78 Å². The minimum Gasteiger partial charge on any atom is -0.497 e. The summed E-state index contributed by atoms with van der Waals surface area (Å²) in [6.45, 7) is 1.15. The Morgan fingerprint density at radius 3 is 1.52 bits per heavy atom. The smallest absolute Gasteiger partial charge is 0.187 e. The molecule has 1 fully saturated rings. The fourth-order valence-electron chi connectivity index (χ4n) is 2.73. The molecule has 1 aliphatic heterocycles. The largest absolute Gasteiger partial charge is 0.497 e. The van der Waals surface area contributed by atoms with Crippen LogP contribution in [0.3, 0.4) is 0 Å². The second-order valence-electron chi connectivity index (χ2n) is 5.82. The lowest BCUT2D eigenvalue weighted by Crippen LogP contribution is -2.32. The Morgan fingerprint density at radius 1 is 0.760 bits per heavy atom. The predicted molar refractivity (Wildman–Crippen MR) is 99.8 cm³/mol. The summed E-state index contributed by atoms with van der Waals surface area (Å²) in [7, 11) is 3.27. The van der Waals surface area contributed by atoms with Crippen molar-refractivity contribution in [1.29, 1.82) is 0 Å². The number of carbonyl (C=O) groups is 1. The van der Waals surface area contributed by atoms with Gasteiger partial charge in [-0.05, 0) is 47.5 Å². The molecule has 25 heavy (non-hydrogen) atoms. The third-order valence-corrected chi connectivity index (χ3v) is 4.13. The molecule has 0 bridgehead atoms. The highest BCUT2D eigenvalue weighted by Gasteiger charge is 2.20. The van der Waals surface area contributed by atoms with E-state index in [9.17, 15) is 4.79 Å². The Hall–Kier alpha value is -2.85. The Kier molecular flexibility index (Phi) is 5.31. The third-order valence-electron chi connectivity index (χ3n) is 4.13. The van der Waals surface area contributed by atoms with Gasteiger partial charge in [0.1, 0.15) is 11.5 Å². The molecule has 1 aliphatic rings. The Morgan fingerprint density at radius 2 is 1.16 bits per heavy atom. The van der Waals surface area contributed by atoms with Gasteiger partial charge in [0.25, 0.3) is 0 Å². The van der Waals surface area contributed by atoms with Crippen LogP contribution in [-0.4, -0.2) is 33.1 Å². The van der Waals surface area contributed by atoms with E-state index in [1.165, 1.54) is 0 Å². The quantitative estimate of drug-likeness (QED) is 0.871. The lowest BCUT2D eigenvalue weighted by molar-refractivity contribution is -0.112. The van der Waals surface area contributed by atoms with Gasteiger partial charge in [0.05, 0.1) is 14.2 Å². The van der Waals surface area contributed by atoms with Gasteiger partial charge >= 0.3 is 0 Å². The van der Waals surface area contributed by atoms with Crippen LogP contribution in [0, 0.1) is 0 Å². The average molecular weight is 335 g/mol. The first-order valence-corrected chi connectivity index (χ1v) is 8.14. The van der Waals surface area contributed by atoms with E-state index in [2.05, 4.69) is 5.32 Å². The summed E-state index contributed by atoms with van der Waals surface area (Å²) < 4.78 is 10.3. The van der Waals surface area contributed by atoms with Gasteiger partial charge in [0, 0.05) is 24.2 Å². The maximum absolute atomic E-state index is 12.8. The molecule has 0 saturated carbocycles. The van der Waals surface area contributed by atoms with E-state index < -0.39 is 0 Å². The number of carbonyl (C=O) groups excluding carboxylic acids is 1. The van der Waals surface area contributed by atoms with Crippen molar-refractivity contribution in [2.24, 2.45) is 0 Å². The van der Waals surface area contributed by atoms with Crippen molar-refractivity contribution in [3.8, 4) is 11.5 Å². The fourth-order valence-corrected chi connectivity index (χ4v) is 2.73. The maximum atomic E-state index is 12.8. The second-order valence-corrected chi connectivity index (χ2v) is 5.82. The van der Waals surface area contributed by atoms with Crippen molar-refractivity contribution in [1.82, 2.24) is 5.32 Å². The van der Waals surface area contributed by atoms with Crippen molar-refractivity contribution in [3.63, 3.8) is 0 Å². The minimum absolute atomic E-state index is 0.0883. The van der Waals surface area contributed by atoms with Crippen molar-refractivity contribution in [2.45, 2.75) is 0 Å². The molecule has 2 aromatic carbocycles. The highest BCUT2D eigenvalue weighted by molar-refractivity contribution is 6.14. The van der Waals surface area contributed by atoms with Crippen LogP contribution in [0.1, 0.15) is 11.1 Å². The van der Waals surface area contributed by atoms with Crippen LogP contribution in [0.15, 0.2) is 59.7 Å². The zero-order chi connectivity index (χ0) is 17.6. The molecular weight excluding hydrogens is 314 g/mol. The first kappa shape index (κ1) is 17.0. The van der Waals surface area contributed by atoms with Gasteiger partial charge < -0.3 is 14.8 Å². The van der Waals surface area contributed by atoms with Crippen molar-refractivity contribution in [2.75, 3.05) is 27.3 Å². The lowest BCUT2D eigenvalue weighted by Gasteiger charge is -2.18. The number of nitrogens with one attached hydrogen (secondary N) is 1. The number of hydrogen-bond acceptors (Lipinski definition) is 4. The van der Waals surface area contributed by atoms with E-state index >= 15 is 0 Å². The third kappa shape index (κ3) is 4.17. The van der Waals surface area contributed by atoms with Crippen LogP contribution >= 0.6 is 0 Å². The zero-order valence-corrected chi connectivity index (χ0v) is 14.4. The van der Waals surface area contributed by atoms with E-state index in [4.69, 9.17) is 9.47 Å². The predicted octanol–water partition coefficient (Wildman–Crippen LogP) is 3.34. The second kappa shape index (κ2) is 7.81. The molecule has 0 atom stereocenters. The van der Waals surface area contributed by atoms with Crippen LogP contribution in [-0.2, 0) is 4.79 Å². The van der Waals surface area contributed by atoms with Gasteiger partial charge in [-0.15, -0.1) is 0 Å². The minimum atomic E-state index is 0.0883. The van der Waals surface area contributed by atoms with Gasteiger partial charge in [-0.3, -0.25) is 4.79 Å². The van der Waals surface area contributed by atoms with Gasteiger partial charge in [-0.25, -0.2) is 0 Å². The number of piperidine rings is 1. The van der Waals surface area contributed by atoms with Crippen molar-refractivity contribution in [3.05, 3.63) is 70.8 Å². The Balaban J connectivity index is 1.81. The standard InChI is InChI=1S/C21H21NO3/c1-24-19-7-3-15(4-8-19)11-17-13-22-14-18(21(17)23)12-16-5-9-20(25-2)10-6-16/h3-12,22H,13-14H2,1-2H3/b17-11+,18-12+. The first-order chi connectivity index (χ1) is 12.2. The normalized spacial score (nSPS) is 17.8. The molecule has 0 aliphatic carbocycles. The summed E-state index contributed by atoms with van der Waals surface area (Å²) in [5.74, 6) is 1.69. The number of ketones is 1. The molecule has 0 spiro atoms. The SMILES string of the molecule is COc1ccc(/C=C2\CNC/C(=C\c3ccc(OC)cc3)C2=O)cc1. The number of rotatable bonds is 4. The number of methoxy groups -OCH3 is 2. The van der Waals surface area contributed by atoms with Crippen LogP contribution < -0.4 is 14.8 Å². The molecule has 0 amide bonds. The molecule has 4 heteroatoms. The summed E-state index contributed by atoms with van der Waals surface area (Å²) in [6.07, 6.45) is 3.85. The van der Waals surface area contributed by atoms with Gasteiger partial charge in [0.2, 0.25) is 0 Å². The first-order valence-electron chi connectivity index (χ1n) is 8.14. The van der Waals surface area contributed by atoms with Crippen LogP contribution in [0.5, 0.6) is 11.5 Å². The molecule has 1 N–H and O–H groups in total. The van der Waals surface area contributed by atoms with E-state index in [0.717, 1.165) is 33.8 Å². The van der Waals surface area contributed by atoms with Crippen LogP contribution in [0.4, 0.5) is 0 Å². The number of Topliss-reactive ketones (excluding diaryl/α,β-unsaturated/α-hetero) is 1. The Bertz CT molecular complexity index is 735. The fraction of sp³-hybridized carbons (Fsp3) is 0.190. The molecule has 2 aromatic rings. The van der Waals surface area contributed by atoms with Crippen molar-refractivity contribution >= 4 is 17.9 Å². The number of benzene rings is 2. The molecule has 0 unspecified atom stereocenters. The summed E-state index contributed by atoms with van der Waals surface area (Å²) in [5.41, 5.74) is 3.49. The molecule has 1 saturated heterocycles. The van der Waals surface area contributed by atoms with E-state index in [1.807, 2.05) is 60.7 Å². The molecule has 3 rings (SSSR count). The number of ether oxygens (including phenoxy) is 2. The average Bonchev–Trinajstić information content (AvgIpc) is 2.66. The van der Waals surface area contributed by atoms with Crippen molar-refractivity contribution < 1.29 is 14.3 Å². The zero-order valence-electron chi connectivity index (χ0n) is 14.4. The molecule has 4 nitrogen and oxygen atoms in total. The summed E-state index contributed by atoms with van der Waals surface area (Å²) in [5, 5.41) is 3.29. The maximum Gasteiger partial charge on any atom is 0.187 e. The van der Waals surface area contributed by atoms with E-state index in [-0.39, 0.29) is 5.78 Å². The monoisotopic (exact) mass is 335 g/mol. The van der Waals surface area contributed by atoms with Crippen LogP contribution in [0.2, 0.25) is 0 Å². The summed E-state index contributed by atoms with van der Waals surface area (Å²) >= 11 is 0. The molecule has 0 radical (unpaired) electrons. The molecule has 1 heterocycles. The highest BCUT2D eigenvalue weighted by Crippen LogP contribution is 2.20. The Labute approximate surface area is 147 Å².